The number of amides is 2. The van der Waals surface area contributed by atoms with Crippen LogP contribution in [0.5, 0.6) is 0 Å². The Kier molecular flexibility index (Phi) is 5.32. The van der Waals surface area contributed by atoms with Crippen LogP contribution in [0.2, 0.25) is 0 Å². The lowest BCUT2D eigenvalue weighted by molar-refractivity contribution is 0.237. The molecule has 7 nitrogen and oxygen atoms in total. The van der Waals surface area contributed by atoms with Gasteiger partial charge in [-0.05, 0) is 31.9 Å². The van der Waals surface area contributed by atoms with E-state index >= 15 is 0 Å². The van der Waals surface area contributed by atoms with Crippen LogP contribution in [0.4, 0.5) is 10.5 Å². The zero-order valence-corrected chi connectivity index (χ0v) is 15.9. The summed E-state index contributed by atoms with van der Waals surface area (Å²) < 4.78 is 1.76. The number of thiazole rings is 1. The molecule has 0 radical (unpaired) electrons. The summed E-state index contributed by atoms with van der Waals surface area (Å²) in [6, 6.07) is 3.59. The van der Waals surface area contributed by atoms with E-state index in [0.29, 0.717) is 12.2 Å². The van der Waals surface area contributed by atoms with Gasteiger partial charge in [0.05, 0.1) is 24.0 Å². The Morgan fingerprint density at radius 1 is 1.38 bits per heavy atom. The van der Waals surface area contributed by atoms with Gasteiger partial charge in [0.25, 0.3) is 0 Å². The van der Waals surface area contributed by atoms with Crippen LogP contribution in [0.15, 0.2) is 42.3 Å². The van der Waals surface area contributed by atoms with Crippen LogP contribution in [0.1, 0.15) is 36.5 Å². The minimum absolute atomic E-state index is 0.275. The summed E-state index contributed by atoms with van der Waals surface area (Å²) in [6.07, 6.45) is 7.70. The summed E-state index contributed by atoms with van der Waals surface area (Å²) in [5.74, 6) is 0. The van der Waals surface area contributed by atoms with E-state index in [2.05, 4.69) is 25.7 Å². The van der Waals surface area contributed by atoms with Gasteiger partial charge in [0.15, 0.2) is 0 Å². The van der Waals surface area contributed by atoms with Gasteiger partial charge in [-0.25, -0.2) is 9.78 Å². The average molecular weight is 370 g/mol. The fourth-order valence-corrected chi connectivity index (χ4v) is 3.49. The van der Waals surface area contributed by atoms with E-state index in [1.165, 1.54) is 0 Å². The first-order chi connectivity index (χ1) is 12.5. The molecule has 136 valence electrons. The molecule has 0 aromatic carbocycles. The van der Waals surface area contributed by atoms with Crippen LogP contribution in [-0.2, 0) is 12.1 Å². The Morgan fingerprint density at radius 3 is 2.88 bits per heavy atom. The van der Waals surface area contributed by atoms with Gasteiger partial charge in [-0.1, -0.05) is 13.0 Å². The molecular weight excluding hydrogens is 348 g/mol. The fraction of sp³-hybridized carbons (Fsp3) is 0.333. The number of carbonyl (C=O) groups excluding carboxylic acids is 1. The molecule has 0 bridgehead atoms. The molecular formula is C18H22N6OS. The highest BCUT2D eigenvalue weighted by atomic mass is 32.1. The second-order valence-electron chi connectivity index (χ2n) is 6.35. The Bertz CT molecular complexity index is 875. The molecule has 2 N–H and O–H groups in total. The number of nitrogens with one attached hydrogen (secondary N) is 2. The van der Waals surface area contributed by atoms with Gasteiger partial charge in [0.2, 0.25) is 0 Å². The number of hydrogen-bond acceptors (Lipinski definition) is 5. The Morgan fingerprint density at radius 2 is 2.23 bits per heavy atom. The molecule has 8 heteroatoms. The highest BCUT2D eigenvalue weighted by molar-refractivity contribution is 7.09. The van der Waals surface area contributed by atoms with Crippen molar-refractivity contribution in [3.8, 4) is 0 Å². The van der Waals surface area contributed by atoms with Crippen molar-refractivity contribution >= 4 is 23.1 Å². The summed E-state index contributed by atoms with van der Waals surface area (Å²) in [7, 11) is 0. The van der Waals surface area contributed by atoms with Gasteiger partial charge in [-0.15, -0.1) is 11.3 Å². The van der Waals surface area contributed by atoms with Gasteiger partial charge in [0, 0.05) is 29.7 Å². The molecule has 2 amide bonds. The van der Waals surface area contributed by atoms with Crippen LogP contribution in [-0.4, -0.2) is 25.8 Å². The summed E-state index contributed by atoms with van der Waals surface area (Å²) in [5, 5.41) is 13.0. The third-order valence-corrected chi connectivity index (χ3v) is 5.37. The molecule has 0 fully saturated rings. The second kappa shape index (κ2) is 7.65. The first-order valence-corrected chi connectivity index (χ1v) is 9.29. The molecule has 0 saturated carbocycles. The van der Waals surface area contributed by atoms with Crippen LogP contribution in [0, 0.1) is 6.92 Å². The van der Waals surface area contributed by atoms with Crippen LogP contribution < -0.4 is 10.6 Å². The summed E-state index contributed by atoms with van der Waals surface area (Å²) in [4.78, 5) is 21.1. The van der Waals surface area contributed by atoms with Crippen molar-refractivity contribution in [2.24, 2.45) is 0 Å². The third kappa shape index (κ3) is 4.26. The van der Waals surface area contributed by atoms with Crippen LogP contribution in [0.3, 0.4) is 0 Å². The third-order valence-electron chi connectivity index (χ3n) is 4.15. The quantitative estimate of drug-likeness (QED) is 0.695. The molecule has 0 aliphatic carbocycles. The largest absolute Gasteiger partial charge is 0.326 e. The highest BCUT2D eigenvalue weighted by Crippen LogP contribution is 2.27. The number of nitrogens with zero attached hydrogens (tertiary/aromatic N) is 4. The summed E-state index contributed by atoms with van der Waals surface area (Å²) in [5.41, 5.74) is 2.14. The maximum Gasteiger partial charge on any atom is 0.320 e. The number of pyridine rings is 1. The molecule has 0 saturated heterocycles. The second-order valence-corrected chi connectivity index (χ2v) is 7.20. The number of hydrogen-bond donors (Lipinski definition) is 2. The fourth-order valence-electron chi connectivity index (χ4n) is 2.51. The Balaban J connectivity index is 1.63. The minimum Gasteiger partial charge on any atom is -0.326 e. The van der Waals surface area contributed by atoms with Gasteiger partial charge >= 0.3 is 6.03 Å². The monoisotopic (exact) mass is 370 g/mol. The van der Waals surface area contributed by atoms with E-state index < -0.39 is 5.54 Å². The Labute approximate surface area is 156 Å². The lowest BCUT2D eigenvalue weighted by atomic mass is 10.0. The molecule has 3 aromatic heterocycles. The topological polar surface area (TPSA) is 84.7 Å². The van der Waals surface area contributed by atoms with E-state index in [1.54, 1.807) is 40.8 Å². The molecule has 0 aliphatic heterocycles. The highest BCUT2D eigenvalue weighted by Gasteiger charge is 2.29. The first-order valence-electron chi connectivity index (χ1n) is 8.41. The van der Waals surface area contributed by atoms with E-state index in [0.717, 1.165) is 22.7 Å². The minimum atomic E-state index is -0.505. The van der Waals surface area contributed by atoms with E-state index in [9.17, 15) is 4.79 Å². The molecule has 3 rings (SSSR count). The number of aryl methyl sites for hydroxylation is 1. The van der Waals surface area contributed by atoms with E-state index in [-0.39, 0.29) is 6.03 Å². The van der Waals surface area contributed by atoms with Crippen LogP contribution in [0.25, 0.3) is 0 Å². The number of aromatic nitrogens is 4. The number of anilines is 1. The normalized spacial score (nSPS) is 13.2. The van der Waals surface area contributed by atoms with Crippen molar-refractivity contribution in [2.75, 3.05) is 5.32 Å². The van der Waals surface area contributed by atoms with E-state index in [4.69, 9.17) is 0 Å². The van der Waals surface area contributed by atoms with Gasteiger partial charge < -0.3 is 10.6 Å². The van der Waals surface area contributed by atoms with Gasteiger partial charge in [-0.2, -0.15) is 5.10 Å². The van der Waals surface area contributed by atoms with Crippen molar-refractivity contribution in [3.05, 3.63) is 58.6 Å². The molecule has 0 unspecified atom stereocenters. The SMILES string of the molecule is CC[C@@](C)(NC(=O)Nc1cnn(Cc2cccnc2)c1)c1nc(C)cs1. The lowest BCUT2D eigenvalue weighted by Crippen LogP contribution is -2.45. The summed E-state index contributed by atoms with van der Waals surface area (Å²) >= 11 is 1.56. The number of rotatable bonds is 6. The lowest BCUT2D eigenvalue weighted by Gasteiger charge is -2.27. The average Bonchev–Trinajstić information content (AvgIpc) is 3.25. The van der Waals surface area contributed by atoms with Crippen molar-refractivity contribution < 1.29 is 4.79 Å². The molecule has 3 aromatic rings. The maximum atomic E-state index is 12.4. The number of carbonyl (C=O) groups is 1. The zero-order chi connectivity index (χ0) is 18.6. The van der Waals surface area contributed by atoms with Crippen LogP contribution >= 0.6 is 11.3 Å². The molecule has 26 heavy (non-hydrogen) atoms. The van der Waals surface area contributed by atoms with E-state index in [1.807, 2.05) is 38.3 Å². The first kappa shape index (κ1) is 18.1. The Hall–Kier alpha value is -2.74. The molecule has 0 aliphatic rings. The smallest absolute Gasteiger partial charge is 0.320 e. The molecule has 0 spiro atoms. The predicted molar refractivity (Wildman–Crippen MR) is 102 cm³/mol. The summed E-state index contributed by atoms with van der Waals surface area (Å²) in [6.45, 7) is 6.56. The maximum absolute atomic E-state index is 12.4. The van der Waals surface area contributed by atoms with Gasteiger partial charge in [-0.3, -0.25) is 9.67 Å². The van der Waals surface area contributed by atoms with Crippen molar-refractivity contribution in [2.45, 2.75) is 39.3 Å². The molecule has 3 heterocycles. The van der Waals surface area contributed by atoms with Gasteiger partial charge in [0.1, 0.15) is 5.01 Å². The van der Waals surface area contributed by atoms with Crippen molar-refractivity contribution in [1.82, 2.24) is 25.1 Å². The predicted octanol–water partition coefficient (Wildman–Crippen LogP) is 3.54. The van der Waals surface area contributed by atoms with Crippen molar-refractivity contribution in [1.29, 1.82) is 0 Å². The number of urea groups is 1. The molecule has 1 atom stereocenters. The van der Waals surface area contributed by atoms with Crippen molar-refractivity contribution in [3.63, 3.8) is 0 Å². The zero-order valence-electron chi connectivity index (χ0n) is 15.1. The standard InChI is InChI=1S/C18H22N6OS/c1-4-18(3,16-21-13(2)12-26-16)23-17(25)22-15-9-20-24(11-15)10-14-6-5-7-19-8-14/h5-9,11-12H,4,10H2,1-3H3,(H2,22,23,25)/t18-/m1/s1.